The summed E-state index contributed by atoms with van der Waals surface area (Å²) in [6.07, 6.45) is 15.4. The molecular formula is C34H45FN6O4. The predicted molar refractivity (Wildman–Crippen MR) is 172 cm³/mol. The quantitative estimate of drug-likeness (QED) is 0.250. The van der Waals surface area contributed by atoms with Crippen LogP contribution in [0.15, 0.2) is 24.9 Å². The molecule has 0 bridgehead atoms. The molecule has 0 saturated heterocycles. The Morgan fingerprint density at radius 3 is 2.42 bits per heavy atom. The number of urea groups is 1. The van der Waals surface area contributed by atoms with Crippen LogP contribution >= 0.6 is 0 Å². The van der Waals surface area contributed by atoms with E-state index in [2.05, 4.69) is 22.2 Å². The van der Waals surface area contributed by atoms with Crippen LogP contribution < -0.4 is 29.9 Å². The van der Waals surface area contributed by atoms with Gasteiger partial charge < -0.3 is 20.1 Å². The molecule has 2 heterocycles. The predicted octanol–water partition coefficient (Wildman–Crippen LogP) is 6.31. The third kappa shape index (κ3) is 6.31. The van der Waals surface area contributed by atoms with Crippen molar-refractivity contribution in [3.8, 4) is 11.5 Å². The number of nitrogens with zero attached hydrogens (tertiary/aromatic N) is 4. The molecule has 3 aliphatic carbocycles. The maximum Gasteiger partial charge on any atom is 0.330 e. The Balaban J connectivity index is 1.24. The summed E-state index contributed by atoms with van der Waals surface area (Å²) in [4.78, 5) is 38.5. The Bertz CT molecular complexity index is 1440. The summed E-state index contributed by atoms with van der Waals surface area (Å²) in [7, 11) is 4.58. The number of fused-ring (bicyclic) bond motifs is 1. The number of rotatable bonds is 9. The van der Waals surface area contributed by atoms with Crippen molar-refractivity contribution in [2.75, 3.05) is 36.4 Å². The zero-order valence-corrected chi connectivity index (χ0v) is 26.6. The fourth-order valence-electron chi connectivity index (χ4n) is 7.67. The second-order valence-electron chi connectivity index (χ2n) is 13.0. The zero-order chi connectivity index (χ0) is 31.7. The number of nitrogens with one attached hydrogen (secondary N) is 2. The van der Waals surface area contributed by atoms with Crippen LogP contribution in [0.1, 0.15) is 87.7 Å². The number of methoxy groups -OCH3 is 2. The molecule has 45 heavy (non-hydrogen) atoms. The van der Waals surface area contributed by atoms with Gasteiger partial charge in [-0.2, -0.15) is 4.98 Å². The van der Waals surface area contributed by atoms with Crippen molar-refractivity contribution in [1.29, 1.82) is 0 Å². The van der Waals surface area contributed by atoms with E-state index < -0.39 is 11.8 Å². The number of halogens is 1. The highest BCUT2D eigenvalue weighted by Gasteiger charge is 2.40. The van der Waals surface area contributed by atoms with Crippen molar-refractivity contribution in [2.24, 2.45) is 11.8 Å². The summed E-state index contributed by atoms with van der Waals surface area (Å²) >= 11 is 0. The average molecular weight is 621 g/mol. The number of carbonyl (C=O) groups excluding carboxylic acids is 2. The molecule has 0 radical (unpaired) electrons. The molecule has 2 aromatic rings. The largest absolute Gasteiger partial charge is 0.496 e. The highest BCUT2D eigenvalue weighted by molar-refractivity contribution is 6.06. The molecule has 3 fully saturated rings. The SMILES string of the molecule is C=CC(=O)N[C@H]1CC(C2CCCCCC2)CC[C@H]1Nc1ncc2c(n1)N(C)C(=O)N(c1c(F)c(OC)cc(OC)c1C1CC1)C2. The molecule has 3 amide bonds. The van der Waals surface area contributed by atoms with Gasteiger partial charge in [0.25, 0.3) is 0 Å². The van der Waals surface area contributed by atoms with Gasteiger partial charge in [-0.15, -0.1) is 0 Å². The molecule has 3 atom stereocenters. The molecular weight excluding hydrogens is 575 g/mol. The molecule has 10 nitrogen and oxygen atoms in total. The minimum Gasteiger partial charge on any atom is -0.496 e. The topological polar surface area (TPSA) is 109 Å². The highest BCUT2D eigenvalue weighted by atomic mass is 19.1. The zero-order valence-electron chi connectivity index (χ0n) is 26.6. The van der Waals surface area contributed by atoms with E-state index in [-0.39, 0.29) is 41.9 Å². The van der Waals surface area contributed by atoms with E-state index in [0.29, 0.717) is 40.5 Å². The number of benzene rings is 1. The molecule has 2 N–H and O–H groups in total. The number of hydrogen-bond acceptors (Lipinski definition) is 7. The van der Waals surface area contributed by atoms with Crippen molar-refractivity contribution in [3.63, 3.8) is 0 Å². The third-order valence-corrected chi connectivity index (χ3v) is 10.2. The molecule has 1 aromatic carbocycles. The Kier molecular flexibility index (Phi) is 9.14. The van der Waals surface area contributed by atoms with Gasteiger partial charge in [-0.25, -0.2) is 14.2 Å². The van der Waals surface area contributed by atoms with Gasteiger partial charge in [-0.05, 0) is 55.9 Å². The van der Waals surface area contributed by atoms with Gasteiger partial charge in [0, 0.05) is 42.5 Å². The van der Waals surface area contributed by atoms with E-state index in [1.807, 2.05) is 0 Å². The van der Waals surface area contributed by atoms with E-state index >= 15 is 4.39 Å². The lowest BCUT2D eigenvalue weighted by Crippen LogP contribution is -2.51. The van der Waals surface area contributed by atoms with Gasteiger partial charge in [0.15, 0.2) is 11.6 Å². The molecule has 6 rings (SSSR count). The first kappa shape index (κ1) is 31.1. The molecule has 4 aliphatic rings. The smallest absolute Gasteiger partial charge is 0.330 e. The maximum absolute atomic E-state index is 15.9. The molecule has 1 aromatic heterocycles. The average Bonchev–Trinajstić information content (AvgIpc) is 3.92. The third-order valence-electron chi connectivity index (χ3n) is 10.2. The number of carbonyl (C=O) groups is 2. The van der Waals surface area contributed by atoms with Crippen molar-refractivity contribution < 1.29 is 23.5 Å². The number of amides is 3. The van der Waals surface area contributed by atoms with Gasteiger partial charge in [0.05, 0.1) is 26.5 Å². The van der Waals surface area contributed by atoms with Crippen molar-refractivity contribution in [2.45, 2.75) is 95.2 Å². The van der Waals surface area contributed by atoms with Crippen LogP contribution in [-0.4, -0.2) is 55.3 Å². The summed E-state index contributed by atoms with van der Waals surface area (Å²) in [6.45, 7) is 3.76. The van der Waals surface area contributed by atoms with E-state index in [4.69, 9.17) is 14.5 Å². The lowest BCUT2D eigenvalue weighted by atomic mass is 9.73. The number of anilines is 3. The van der Waals surface area contributed by atoms with Crippen LogP contribution in [0.4, 0.5) is 26.6 Å². The fraction of sp³-hybridized carbons (Fsp3) is 0.588. The summed E-state index contributed by atoms with van der Waals surface area (Å²) in [5.74, 6) is 2.02. The van der Waals surface area contributed by atoms with Gasteiger partial charge in [-0.3, -0.25) is 14.6 Å². The van der Waals surface area contributed by atoms with Crippen LogP contribution in [0.25, 0.3) is 0 Å². The fourth-order valence-corrected chi connectivity index (χ4v) is 7.67. The van der Waals surface area contributed by atoms with Crippen LogP contribution in [-0.2, 0) is 11.3 Å². The van der Waals surface area contributed by atoms with Crippen LogP contribution in [0.2, 0.25) is 0 Å². The van der Waals surface area contributed by atoms with Crippen molar-refractivity contribution >= 4 is 29.4 Å². The standard InChI is InChI=1S/C34H45FN6O4/c1-5-28(42)37-25-16-22(20-10-8-6-7-9-11-20)14-15-24(25)38-33-36-18-23-19-41(34(43)40(2)32(23)39-33)31-29(21-12-13-21)26(44-3)17-27(45-4)30(31)35/h5,17-18,20-22,24-25H,1,6-16,19H2,2-4H3,(H,37,42)(H,36,38,39)/t22?,24-,25+/m1/s1. The number of ether oxygens (including phenoxy) is 2. The summed E-state index contributed by atoms with van der Waals surface area (Å²) in [6, 6.07) is 1.01. The number of aromatic nitrogens is 2. The van der Waals surface area contributed by atoms with E-state index in [9.17, 15) is 9.59 Å². The maximum atomic E-state index is 15.9. The first-order valence-electron chi connectivity index (χ1n) is 16.4. The minimum atomic E-state index is -0.586. The second-order valence-corrected chi connectivity index (χ2v) is 13.0. The lowest BCUT2D eigenvalue weighted by Gasteiger charge is -2.40. The Morgan fingerprint density at radius 1 is 1.02 bits per heavy atom. The molecule has 1 unspecified atom stereocenters. The van der Waals surface area contributed by atoms with Gasteiger partial charge in [0.1, 0.15) is 11.6 Å². The summed E-state index contributed by atoms with van der Waals surface area (Å²) in [5.41, 5.74) is 1.57. The first-order chi connectivity index (χ1) is 21.8. The molecule has 11 heteroatoms. The Hall–Kier alpha value is -3.89. The number of hydrogen-bond donors (Lipinski definition) is 2. The Morgan fingerprint density at radius 2 is 1.76 bits per heavy atom. The molecule has 1 aliphatic heterocycles. The highest BCUT2D eigenvalue weighted by Crippen LogP contribution is 2.52. The van der Waals surface area contributed by atoms with E-state index in [1.54, 1.807) is 26.4 Å². The monoisotopic (exact) mass is 620 g/mol. The van der Waals surface area contributed by atoms with Gasteiger partial charge in [0.2, 0.25) is 11.9 Å². The lowest BCUT2D eigenvalue weighted by molar-refractivity contribution is -0.117. The van der Waals surface area contributed by atoms with Crippen LogP contribution in [0, 0.1) is 17.7 Å². The normalized spacial score (nSPS) is 24.0. The Labute approximate surface area is 264 Å². The molecule has 242 valence electrons. The van der Waals surface area contributed by atoms with E-state index in [0.717, 1.165) is 32.1 Å². The summed E-state index contributed by atoms with van der Waals surface area (Å²) in [5, 5.41) is 6.65. The van der Waals surface area contributed by atoms with Crippen molar-refractivity contribution in [1.82, 2.24) is 15.3 Å². The molecule has 0 spiro atoms. The minimum absolute atomic E-state index is 0.0233. The first-order valence-corrected chi connectivity index (χ1v) is 16.4. The van der Waals surface area contributed by atoms with Crippen molar-refractivity contribution in [3.05, 3.63) is 41.9 Å². The second kappa shape index (κ2) is 13.2. The van der Waals surface area contributed by atoms with Gasteiger partial charge >= 0.3 is 6.03 Å². The summed E-state index contributed by atoms with van der Waals surface area (Å²) < 4.78 is 26.8. The van der Waals surface area contributed by atoms with Gasteiger partial charge in [-0.1, -0.05) is 45.1 Å². The van der Waals surface area contributed by atoms with Crippen LogP contribution in [0.3, 0.4) is 0 Å². The van der Waals surface area contributed by atoms with Crippen LogP contribution in [0.5, 0.6) is 11.5 Å². The molecule has 3 saturated carbocycles. The van der Waals surface area contributed by atoms with E-state index in [1.165, 1.54) is 61.5 Å².